The number of carbonyl (C=O) groups is 2. The number of benzene rings is 1. The summed E-state index contributed by atoms with van der Waals surface area (Å²) in [6, 6.07) is 7.23. The van der Waals surface area contributed by atoms with Gasteiger partial charge in [-0.05, 0) is 26.0 Å². The van der Waals surface area contributed by atoms with Crippen LogP contribution in [-0.4, -0.2) is 54.0 Å². The average Bonchev–Trinajstić information content (AvgIpc) is 2.48. The first-order valence-corrected chi connectivity index (χ1v) is 7.54. The van der Waals surface area contributed by atoms with Gasteiger partial charge in [0.05, 0.1) is 11.8 Å². The molecular weight excluding hydrogens is 282 g/mol. The van der Waals surface area contributed by atoms with Gasteiger partial charge in [-0.25, -0.2) is 4.79 Å². The van der Waals surface area contributed by atoms with E-state index in [1.807, 2.05) is 38.1 Å². The fourth-order valence-corrected chi connectivity index (χ4v) is 2.35. The van der Waals surface area contributed by atoms with Crippen LogP contribution < -0.4 is 10.1 Å². The van der Waals surface area contributed by atoms with Crippen LogP contribution in [0.5, 0.6) is 5.75 Å². The van der Waals surface area contributed by atoms with Gasteiger partial charge in [-0.2, -0.15) is 0 Å². The number of hydrogen-bond donors (Lipinski definition) is 1. The number of amides is 3. The van der Waals surface area contributed by atoms with Crippen molar-refractivity contribution < 1.29 is 14.3 Å². The minimum Gasteiger partial charge on any atom is -0.489 e. The van der Waals surface area contributed by atoms with Gasteiger partial charge in [0.1, 0.15) is 5.75 Å². The zero-order chi connectivity index (χ0) is 16.1. The summed E-state index contributed by atoms with van der Waals surface area (Å²) in [5.74, 6) is 0.712. The molecule has 0 radical (unpaired) electrons. The molecule has 120 valence electrons. The van der Waals surface area contributed by atoms with E-state index in [2.05, 4.69) is 5.32 Å². The molecule has 1 N–H and O–H groups in total. The molecule has 0 aromatic heterocycles. The number of nitrogens with one attached hydrogen (secondary N) is 1. The molecule has 3 amide bonds. The molecule has 0 saturated carbocycles. The SMILES string of the molecule is CC(=O)N1CCN(C(=O)Nc2ccccc2OC(C)C)CC1. The number of ether oxygens (including phenoxy) is 1. The molecule has 0 spiro atoms. The third-order valence-electron chi connectivity index (χ3n) is 3.50. The highest BCUT2D eigenvalue weighted by molar-refractivity contribution is 5.91. The molecule has 22 heavy (non-hydrogen) atoms. The van der Waals surface area contributed by atoms with E-state index in [0.29, 0.717) is 37.6 Å². The summed E-state index contributed by atoms with van der Waals surface area (Å²) in [4.78, 5) is 27.1. The van der Waals surface area contributed by atoms with Gasteiger partial charge in [0.25, 0.3) is 0 Å². The van der Waals surface area contributed by atoms with E-state index in [0.717, 1.165) is 0 Å². The van der Waals surface area contributed by atoms with Crippen molar-refractivity contribution in [3.8, 4) is 5.75 Å². The minimum absolute atomic E-state index is 0.0390. The molecule has 2 rings (SSSR count). The standard InChI is InChI=1S/C16H23N3O3/c1-12(2)22-15-7-5-4-6-14(15)17-16(21)19-10-8-18(9-11-19)13(3)20/h4-7,12H,8-11H2,1-3H3,(H,17,21). The van der Waals surface area contributed by atoms with Crippen LogP contribution >= 0.6 is 0 Å². The van der Waals surface area contributed by atoms with Crippen LogP contribution in [0.1, 0.15) is 20.8 Å². The summed E-state index contributed by atoms with van der Waals surface area (Å²) in [5, 5.41) is 2.89. The van der Waals surface area contributed by atoms with Crippen molar-refractivity contribution in [1.82, 2.24) is 9.80 Å². The van der Waals surface area contributed by atoms with Crippen LogP contribution in [0.15, 0.2) is 24.3 Å². The first kappa shape index (κ1) is 16.1. The number of piperazine rings is 1. The molecule has 1 aliphatic heterocycles. The van der Waals surface area contributed by atoms with E-state index < -0.39 is 0 Å². The molecule has 1 heterocycles. The van der Waals surface area contributed by atoms with Crippen LogP contribution in [0, 0.1) is 0 Å². The van der Waals surface area contributed by atoms with E-state index in [1.54, 1.807) is 16.7 Å². The summed E-state index contributed by atoms with van der Waals surface area (Å²) < 4.78 is 5.70. The Morgan fingerprint density at radius 3 is 2.27 bits per heavy atom. The Hall–Kier alpha value is -2.24. The summed E-state index contributed by atoms with van der Waals surface area (Å²) in [7, 11) is 0. The van der Waals surface area contributed by atoms with Gasteiger partial charge in [-0.3, -0.25) is 4.79 Å². The van der Waals surface area contributed by atoms with Crippen molar-refractivity contribution in [2.75, 3.05) is 31.5 Å². The highest BCUT2D eigenvalue weighted by atomic mass is 16.5. The average molecular weight is 305 g/mol. The Morgan fingerprint density at radius 2 is 1.68 bits per heavy atom. The number of para-hydroxylation sites is 2. The van der Waals surface area contributed by atoms with E-state index in [1.165, 1.54) is 0 Å². The van der Waals surface area contributed by atoms with E-state index in [9.17, 15) is 9.59 Å². The lowest BCUT2D eigenvalue weighted by Gasteiger charge is -2.34. The smallest absolute Gasteiger partial charge is 0.322 e. The molecule has 0 aliphatic carbocycles. The molecular formula is C16H23N3O3. The molecule has 1 fully saturated rings. The van der Waals surface area contributed by atoms with Crippen LogP contribution in [0.2, 0.25) is 0 Å². The molecule has 1 aromatic carbocycles. The van der Waals surface area contributed by atoms with Crippen molar-refractivity contribution in [2.24, 2.45) is 0 Å². The second kappa shape index (κ2) is 7.15. The number of carbonyl (C=O) groups excluding carboxylic acids is 2. The predicted octanol–water partition coefficient (Wildman–Crippen LogP) is 2.17. The maximum atomic E-state index is 12.3. The van der Waals surface area contributed by atoms with Crippen LogP contribution in [0.3, 0.4) is 0 Å². The zero-order valence-corrected chi connectivity index (χ0v) is 13.3. The number of rotatable bonds is 3. The summed E-state index contributed by atoms with van der Waals surface area (Å²) >= 11 is 0. The fraction of sp³-hybridized carbons (Fsp3) is 0.500. The Labute approximate surface area is 131 Å². The zero-order valence-electron chi connectivity index (χ0n) is 13.3. The molecule has 0 atom stereocenters. The van der Waals surface area contributed by atoms with Crippen molar-refractivity contribution in [2.45, 2.75) is 26.9 Å². The highest BCUT2D eigenvalue weighted by Gasteiger charge is 2.22. The van der Waals surface area contributed by atoms with Gasteiger partial charge < -0.3 is 19.9 Å². The van der Waals surface area contributed by atoms with Gasteiger partial charge in [-0.15, -0.1) is 0 Å². The second-order valence-electron chi connectivity index (χ2n) is 5.59. The maximum Gasteiger partial charge on any atom is 0.322 e. The van der Waals surface area contributed by atoms with E-state index >= 15 is 0 Å². The Kier molecular flexibility index (Phi) is 5.25. The number of urea groups is 1. The van der Waals surface area contributed by atoms with Gasteiger partial charge in [0.15, 0.2) is 0 Å². The van der Waals surface area contributed by atoms with Gasteiger partial charge in [0, 0.05) is 33.1 Å². The largest absolute Gasteiger partial charge is 0.489 e. The number of nitrogens with zero attached hydrogens (tertiary/aromatic N) is 2. The van der Waals surface area contributed by atoms with E-state index in [4.69, 9.17) is 4.74 Å². The van der Waals surface area contributed by atoms with Crippen molar-refractivity contribution in [3.05, 3.63) is 24.3 Å². The molecule has 0 bridgehead atoms. The first-order chi connectivity index (χ1) is 10.5. The Balaban J connectivity index is 1.97. The highest BCUT2D eigenvalue weighted by Crippen LogP contribution is 2.25. The Morgan fingerprint density at radius 1 is 1.09 bits per heavy atom. The topological polar surface area (TPSA) is 61.9 Å². The minimum atomic E-state index is -0.164. The summed E-state index contributed by atoms with van der Waals surface area (Å²) in [6.07, 6.45) is 0.0390. The Bertz CT molecular complexity index is 537. The third-order valence-corrected chi connectivity index (χ3v) is 3.50. The normalized spacial score (nSPS) is 14.9. The lowest BCUT2D eigenvalue weighted by molar-refractivity contribution is -0.130. The number of anilines is 1. The lowest BCUT2D eigenvalue weighted by Crippen LogP contribution is -2.51. The van der Waals surface area contributed by atoms with Crippen molar-refractivity contribution in [1.29, 1.82) is 0 Å². The molecule has 1 aromatic rings. The first-order valence-electron chi connectivity index (χ1n) is 7.54. The molecule has 6 nitrogen and oxygen atoms in total. The van der Waals surface area contributed by atoms with Crippen molar-refractivity contribution >= 4 is 17.6 Å². The van der Waals surface area contributed by atoms with Crippen LogP contribution in [0.4, 0.5) is 10.5 Å². The van der Waals surface area contributed by atoms with E-state index in [-0.39, 0.29) is 18.0 Å². The number of hydrogen-bond acceptors (Lipinski definition) is 3. The van der Waals surface area contributed by atoms with Crippen LogP contribution in [0.25, 0.3) is 0 Å². The quantitative estimate of drug-likeness (QED) is 0.931. The van der Waals surface area contributed by atoms with Crippen molar-refractivity contribution in [3.63, 3.8) is 0 Å². The fourth-order valence-electron chi connectivity index (χ4n) is 2.35. The van der Waals surface area contributed by atoms with Gasteiger partial charge >= 0.3 is 6.03 Å². The van der Waals surface area contributed by atoms with Gasteiger partial charge in [-0.1, -0.05) is 12.1 Å². The lowest BCUT2D eigenvalue weighted by atomic mass is 10.3. The molecule has 0 unspecified atom stereocenters. The second-order valence-corrected chi connectivity index (χ2v) is 5.59. The summed E-state index contributed by atoms with van der Waals surface area (Å²) in [6.45, 7) is 7.67. The molecule has 6 heteroatoms. The monoisotopic (exact) mass is 305 g/mol. The maximum absolute atomic E-state index is 12.3. The predicted molar refractivity (Wildman–Crippen MR) is 85.1 cm³/mol. The molecule has 1 saturated heterocycles. The van der Waals surface area contributed by atoms with Gasteiger partial charge in [0.2, 0.25) is 5.91 Å². The van der Waals surface area contributed by atoms with Crippen LogP contribution in [-0.2, 0) is 4.79 Å². The summed E-state index contributed by atoms with van der Waals surface area (Å²) in [5.41, 5.74) is 0.662. The third kappa shape index (κ3) is 4.13. The molecule has 1 aliphatic rings.